The molecule has 35 heavy (non-hydrogen) atoms. The van der Waals surface area contributed by atoms with Gasteiger partial charge in [-0.1, -0.05) is 45.0 Å². The van der Waals surface area contributed by atoms with Gasteiger partial charge in [0.1, 0.15) is 11.6 Å². The molecule has 0 radical (unpaired) electrons. The van der Waals surface area contributed by atoms with Crippen molar-refractivity contribution in [1.82, 2.24) is 14.5 Å². The summed E-state index contributed by atoms with van der Waals surface area (Å²) in [5, 5.41) is 0.517. The number of fused-ring (bicyclic) bond motifs is 1. The fourth-order valence-electron chi connectivity index (χ4n) is 4.27. The molecule has 0 fully saturated rings. The third-order valence-electron chi connectivity index (χ3n) is 6.16. The lowest BCUT2D eigenvalue weighted by Crippen LogP contribution is -2.39. The van der Waals surface area contributed by atoms with Crippen LogP contribution in [0.2, 0.25) is 0 Å². The van der Waals surface area contributed by atoms with Crippen molar-refractivity contribution in [3.05, 3.63) is 106 Å². The van der Waals surface area contributed by atoms with E-state index >= 15 is 0 Å². The summed E-state index contributed by atoms with van der Waals surface area (Å²) < 4.78 is 15.1. The highest BCUT2D eigenvalue weighted by Gasteiger charge is 2.28. The molecule has 0 bridgehead atoms. The van der Waals surface area contributed by atoms with Gasteiger partial charge in [-0.15, -0.1) is 0 Å². The summed E-state index contributed by atoms with van der Waals surface area (Å²) in [6.45, 7) is 8.48. The molecule has 1 atom stereocenters. The molecule has 3 aromatic carbocycles. The zero-order chi connectivity index (χ0) is 25.1. The molecule has 0 aliphatic heterocycles. The van der Waals surface area contributed by atoms with E-state index < -0.39 is 11.9 Å². The van der Waals surface area contributed by atoms with Crippen molar-refractivity contribution in [1.29, 1.82) is 0 Å². The van der Waals surface area contributed by atoms with Gasteiger partial charge in [0.2, 0.25) is 0 Å². The molecule has 4 aromatic rings. The highest BCUT2D eigenvalue weighted by molar-refractivity contribution is 5.94. The maximum Gasteiger partial charge on any atom is 0.266 e. The average Bonchev–Trinajstić information content (AvgIpc) is 2.87. The first-order chi connectivity index (χ1) is 16.8. The van der Waals surface area contributed by atoms with Crippen LogP contribution in [0.5, 0.6) is 0 Å². The number of rotatable bonds is 7. The van der Waals surface area contributed by atoms with Gasteiger partial charge in [-0.25, -0.2) is 9.37 Å². The average molecular weight is 472 g/mol. The predicted octanol–water partition coefficient (Wildman–Crippen LogP) is 5.95. The Morgan fingerprint density at radius 2 is 1.63 bits per heavy atom. The van der Waals surface area contributed by atoms with Crippen LogP contribution < -0.4 is 5.56 Å². The quantitative estimate of drug-likeness (QED) is 0.335. The predicted molar refractivity (Wildman–Crippen MR) is 137 cm³/mol. The molecule has 0 N–H and O–H groups in total. The van der Waals surface area contributed by atoms with Crippen LogP contribution in [0.1, 0.15) is 55.5 Å². The molecule has 0 saturated carbocycles. The largest absolute Gasteiger partial charge is 0.328 e. The molecule has 0 aliphatic carbocycles. The molecular formula is C29H30FN3O2. The number of halogens is 1. The number of aromatic nitrogens is 2. The summed E-state index contributed by atoms with van der Waals surface area (Å²) in [4.78, 5) is 33.9. The van der Waals surface area contributed by atoms with Crippen molar-refractivity contribution in [3.8, 4) is 5.69 Å². The van der Waals surface area contributed by atoms with Gasteiger partial charge >= 0.3 is 0 Å². The summed E-state index contributed by atoms with van der Waals surface area (Å²) in [5.41, 5.74) is 2.66. The Kier molecular flexibility index (Phi) is 7.10. The fraction of sp³-hybridized carbons (Fsp3) is 0.276. The van der Waals surface area contributed by atoms with Crippen LogP contribution in [0.15, 0.2) is 77.6 Å². The van der Waals surface area contributed by atoms with E-state index in [1.165, 1.54) is 24.3 Å². The second-order valence-corrected chi connectivity index (χ2v) is 9.18. The van der Waals surface area contributed by atoms with E-state index in [1.54, 1.807) is 15.5 Å². The van der Waals surface area contributed by atoms with Gasteiger partial charge in [0.05, 0.1) is 22.6 Å². The highest BCUT2D eigenvalue weighted by atomic mass is 19.1. The monoisotopic (exact) mass is 471 g/mol. The van der Waals surface area contributed by atoms with Gasteiger partial charge in [0, 0.05) is 12.1 Å². The van der Waals surface area contributed by atoms with E-state index in [-0.39, 0.29) is 17.4 Å². The summed E-state index contributed by atoms with van der Waals surface area (Å²) in [6, 6.07) is 20.1. The lowest BCUT2D eigenvalue weighted by molar-refractivity contribution is 0.0655. The number of para-hydroxylation sites is 1. The van der Waals surface area contributed by atoms with Crippen molar-refractivity contribution >= 4 is 16.8 Å². The van der Waals surface area contributed by atoms with Gasteiger partial charge in [-0.2, -0.15) is 0 Å². The topological polar surface area (TPSA) is 55.2 Å². The second-order valence-electron chi connectivity index (χ2n) is 9.18. The molecule has 1 aromatic heterocycles. The number of aryl methyl sites for hydroxylation is 1. The van der Waals surface area contributed by atoms with Crippen molar-refractivity contribution in [2.75, 3.05) is 6.54 Å². The van der Waals surface area contributed by atoms with Crippen LogP contribution >= 0.6 is 0 Å². The molecule has 4 rings (SSSR count). The van der Waals surface area contributed by atoms with E-state index in [2.05, 4.69) is 6.92 Å². The normalized spacial score (nSPS) is 12.2. The number of carbonyl (C=O) groups is 1. The third kappa shape index (κ3) is 5.02. The first-order valence-corrected chi connectivity index (χ1v) is 12.0. The van der Waals surface area contributed by atoms with Crippen molar-refractivity contribution < 1.29 is 9.18 Å². The summed E-state index contributed by atoms with van der Waals surface area (Å²) in [6.07, 6.45) is 0.892. The van der Waals surface area contributed by atoms with Crippen LogP contribution in [-0.4, -0.2) is 26.9 Å². The number of hydrogen-bond acceptors (Lipinski definition) is 3. The van der Waals surface area contributed by atoms with Crippen LogP contribution in [0.3, 0.4) is 0 Å². The Bertz CT molecular complexity index is 1390. The van der Waals surface area contributed by atoms with Gasteiger partial charge in [0.25, 0.3) is 11.5 Å². The summed E-state index contributed by atoms with van der Waals surface area (Å²) in [5.74, 6) is 0.0208. The molecular weight excluding hydrogens is 441 g/mol. The molecule has 5 nitrogen and oxygen atoms in total. The molecule has 0 aliphatic rings. The number of benzene rings is 3. The third-order valence-corrected chi connectivity index (χ3v) is 6.16. The van der Waals surface area contributed by atoms with Crippen molar-refractivity contribution in [2.45, 2.75) is 40.2 Å². The maximum atomic E-state index is 13.7. The molecule has 1 amide bonds. The van der Waals surface area contributed by atoms with E-state index in [0.29, 0.717) is 34.5 Å². The van der Waals surface area contributed by atoms with E-state index in [1.807, 2.05) is 63.2 Å². The molecule has 0 spiro atoms. The zero-order valence-corrected chi connectivity index (χ0v) is 20.5. The van der Waals surface area contributed by atoms with Crippen LogP contribution in [0.25, 0.3) is 16.6 Å². The Labute approximate surface area is 204 Å². The Balaban J connectivity index is 1.90. The smallest absolute Gasteiger partial charge is 0.266 e. The minimum absolute atomic E-state index is 0.173. The molecule has 1 heterocycles. The van der Waals surface area contributed by atoms with E-state index in [0.717, 1.165) is 12.0 Å². The lowest BCUT2D eigenvalue weighted by atomic mass is 10.1. The first kappa shape index (κ1) is 24.3. The molecule has 6 heteroatoms. The molecule has 1 unspecified atom stereocenters. The van der Waals surface area contributed by atoms with Gasteiger partial charge in [0.15, 0.2) is 0 Å². The van der Waals surface area contributed by atoms with Crippen molar-refractivity contribution in [2.24, 2.45) is 5.92 Å². The molecule has 0 saturated heterocycles. The van der Waals surface area contributed by atoms with Crippen LogP contribution in [-0.2, 0) is 6.42 Å². The minimum atomic E-state index is -0.516. The second kappa shape index (κ2) is 10.2. The maximum absolute atomic E-state index is 13.7. The Morgan fingerprint density at radius 3 is 2.26 bits per heavy atom. The number of hydrogen-bond donors (Lipinski definition) is 0. The zero-order valence-electron chi connectivity index (χ0n) is 20.5. The SMILES string of the molecule is CCc1ccc(-n2c(C(C)N(CC(C)C)C(=O)c3ccc(F)cc3)nc3ccccc3c2=O)cc1. The summed E-state index contributed by atoms with van der Waals surface area (Å²) >= 11 is 0. The van der Waals surface area contributed by atoms with Gasteiger partial charge in [-0.3, -0.25) is 14.2 Å². The number of amides is 1. The first-order valence-electron chi connectivity index (χ1n) is 12.0. The Hall–Kier alpha value is -3.80. The Morgan fingerprint density at radius 1 is 0.971 bits per heavy atom. The van der Waals surface area contributed by atoms with Crippen LogP contribution in [0.4, 0.5) is 4.39 Å². The van der Waals surface area contributed by atoms with Crippen molar-refractivity contribution in [3.63, 3.8) is 0 Å². The van der Waals surface area contributed by atoms with E-state index in [9.17, 15) is 14.0 Å². The number of nitrogens with zero attached hydrogens (tertiary/aromatic N) is 3. The van der Waals surface area contributed by atoms with E-state index in [4.69, 9.17) is 4.98 Å². The van der Waals surface area contributed by atoms with Crippen LogP contribution in [0, 0.1) is 11.7 Å². The highest BCUT2D eigenvalue weighted by Crippen LogP contribution is 2.26. The molecule has 180 valence electrons. The van der Waals surface area contributed by atoms with Gasteiger partial charge < -0.3 is 4.90 Å². The number of carbonyl (C=O) groups excluding carboxylic acids is 1. The standard InChI is InChI=1S/C29H30FN3O2/c1-5-21-10-16-24(17-11-21)33-27(31-26-9-7-6-8-25(26)29(33)35)20(4)32(18-19(2)3)28(34)22-12-14-23(30)15-13-22/h6-17,19-20H,5,18H2,1-4H3. The minimum Gasteiger partial charge on any atom is -0.328 e. The summed E-state index contributed by atoms with van der Waals surface area (Å²) in [7, 11) is 0. The van der Waals surface area contributed by atoms with Gasteiger partial charge in [-0.05, 0) is 73.4 Å². The lowest BCUT2D eigenvalue weighted by Gasteiger charge is -2.32. The fourth-order valence-corrected chi connectivity index (χ4v) is 4.27.